The first-order chi connectivity index (χ1) is 12.8. The van der Waals surface area contributed by atoms with Crippen molar-refractivity contribution in [1.29, 1.82) is 0 Å². The maximum absolute atomic E-state index is 13.1. The first kappa shape index (κ1) is 19.4. The fourth-order valence-corrected chi connectivity index (χ4v) is 3.32. The average molecular weight is 381 g/mol. The lowest BCUT2D eigenvalue weighted by molar-refractivity contribution is -0.144. The molecule has 1 amide bonds. The molecule has 1 saturated carbocycles. The Kier molecular flexibility index (Phi) is 5.84. The van der Waals surface area contributed by atoms with Gasteiger partial charge in [0, 0.05) is 12.7 Å². The Morgan fingerprint density at radius 1 is 1.30 bits per heavy atom. The quantitative estimate of drug-likeness (QED) is 0.827. The number of hydrogen-bond donors (Lipinski definition) is 1. The van der Waals surface area contributed by atoms with Crippen LogP contribution in [-0.2, 0) is 24.6 Å². The SMILES string of the molecule is Cn1ncc(C(=O)Nc2cccc(COC3CCCCC3)c2)c1C(F)(F)F. The predicted molar refractivity (Wildman–Crippen MR) is 94.3 cm³/mol. The normalized spacial score (nSPS) is 15.7. The number of ether oxygens (including phenoxy) is 1. The second kappa shape index (κ2) is 8.12. The van der Waals surface area contributed by atoms with E-state index < -0.39 is 23.3 Å². The largest absolute Gasteiger partial charge is 0.433 e. The first-order valence-electron chi connectivity index (χ1n) is 8.95. The standard InChI is InChI=1S/C19H22F3N3O2/c1-25-17(19(20,21)22)16(11-23-25)18(26)24-14-7-5-6-13(10-14)12-27-15-8-3-2-4-9-15/h5-7,10-11,15H,2-4,8-9,12H2,1H3,(H,24,26). The van der Waals surface area contributed by atoms with E-state index in [0.717, 1.165) is 31.6 Å². The molecule has 146 valence electrons. The molecule has 1 aromatic carbocycles. The Balaban J connectivity index is 1.66. The van der Waals surface area contributed by atoms with Crippen molar-refractivity contribution in [2.75, 3.05) is 5.32 Å². The molecule has 1 heterocycles. The molecule has 0 bridgehead atoms. The molecule has 1 N–H and O–H groups in total. The third-order valence-corrected chi connectivity index (χ3v) is 4.67. The maximum atomic E-state index is 13.1. The molecule has 8 heteroatoms. The van der Waals surface area contributed by atoms with Crippen LogP contribution in [0.2, 0.25) is 0 Å². The van der Waals surface area contributed by atoms with Crippen LogP contribution in [0.5, 0.6) is 0 Å². The van der Waals surface area contributed by atoms with Crippen molar-refractivity contribution in [3.8, 4) is 0 Å². The molecule has 5 nitrogen and oxygen atoms in total. The molecule has 1 aromatic heterocycles. The van der Waals surface area contributed by atoms with E-state index in [0.29, 0.717) is 17.0 Å². The minimum absolute atomic E-state index is 0.252. The van der Waals surface area contributed by atoms with E-state index in [4.69, 9.17) is 4.74 Å². The van der Waals surface area contributed by atoms with Gasteiger partial charge in [-0.2, -0.15) is 18.3 Å². The molecule has 3 rings (SSSR count). The van der Waals surface area contributed by atoms with E-state index in [2.05, 4.69) is 10.4 Å². The smallest absolute Gasteiger partial charge is 0.374 e. The number of nitrogens with zero attached hydrogens (tertiary/aromatic N) is 2. The summed E-state index contributed by atoms with van der Waals surface area (Å²) >= 11 is 0. The van der Waals surface area contributed by atoms with Crippen LogP contribution < -0.4 is 5.32 Å². The lowest BCUT2D eigenvalue weighted by Gasteiger charge is -2.22. The summed E-state index contributed by atoms with van der Waals surface area (Å²) in [6, 6.07) is 6.95. The summed E-state index contributed by atoms with van der Waals surface area (Å²) in [5.41, 5.74) is -0.298. The summed E-state index contributed by atoms with van der Waals surface area (Å²) in [5.74, 6) is -0.847. The van der Waals surface area contributed by atoms with Crippen LogP contribution in [0.15, 0.2) is 30.5 Å². The highest BCUT2D eigenvalue weighted by atomic mass is 19.4. The second-order valence-corrected chi connectivity index (χ2v) is 6.75. The number of anilines is 1. The van der Waals surface area contributed by atoms with E-state index in [1.165, 1.54) is 19.3 Å². The van der Waals surface area contributed by atoms with Gasteiger partial charge in [0.25, 0.3) is 5.91 Å². The predicted octanol–water partition coefficient (Wildman–Crippen LogP) is 4.54. The number of rotatable bonds is 5. The van der Waals surface area contributed by atoms with Gasteiger partial charge in [-0.15, -0.1) is 0 Å². The van der Waals surface area contributed by atoms with Gasteiger partial charge in [0.2, 0.25) is 0 Å². The Labute approximate surface area is 155 Å². The van der Waals surface area contributed by atoms with Crippen molar-refractivity contribution >= 4 is 11.6 Å². The fraction of sp³-hybridized carbons (Fsp3) is 0.474. The summed E-state index contributed by atoms with van der Waals surface area (Å²) < 4.78 is 45.9. The highest BCUT2D eigenvalue weighted by Gasteiger charge is 2.39. The van der Waals surface area contributed by atoms with Crippen molar-refractivity contribution < 1.29 is 22.7 Å². The molecule has 2 aromatic rings. The van der Waals surface area contributed by atoms with Crippen molar-refractivity contribution in [2.45, 2.75) is 51.0 Å². The van der Waals surface area contributed by atoms with E-state index in [-0.39, 0.29) is 6.10 Å². The Hall–Kier alpha value is -2.35. The number of aryl methyl sites for hydroxylation is 1. The van der Waals surface area contributed by atoms with Gasteiger partial charge in [-0.05, 0) is 30.5 Å². The Bertz CT molecular complexity index is 796. The molecule has 0 radical (unpaired) electrons. The Morgan fingerprint density at radius 2 is 2.04 bits per heavy atom. The summed E-state index contributed by atoms with van der Waals surface area (Å²) in [6.45, 7) is 0.412. The average Bonchev–Trinajstić information content (AvgIpc) is 3.03. The summed E-state index contributed by atoms with van der Waals surface area (Å²) in [5, 5.41) is 6.07. The van der Waals surface area contributed by atoms with E-state index in [1.807, 2.05) is 6.07 Å². The van der Waals surface area contributed by atoms with Gasteiger partial charge in [-0.1, -0.05) is 31.4 Å². The monoisotopic (exact) mass is 381 g/mol. The van der Waals surface area contributed by atoms with Crippen LogP contribution in [0.1, 0.15) is 53.7 Å². The molecule has 0 aliphatic heterocycles. The van der Waals surface area contributed by atoms with Gasteiger partial charge in [0.15, 0.2) is 5.69 Å². The van der Waals surface area contributed by atoms with Crippen molar-refractivity contribution in [2.24, 2.45) is 7.05 Å². The lowest BCUT2D eigenvalue weighted by Crippen LogP contribution is -2.20. The first-order valence-corrected chi connectivity index (χ1v) is 8.95. The summed E-state index contributed by atoms with van der Waals surface area (Å²) in [6.07, 6.45) is 2.22. The van der Waals surface area contributed by atoms with E-state index >= 15 is 0 Å². The molecule has 0 atom stereocenters. The van der Waals surface area contributed by atoms with Crippen LogP contribution >= 0.6 is 0 Å². The van der Waals surface area contributed by atoms with Gasteiger partial charge in [0.05, 0.1) is 24.5 Å². The van der Waals surface area contributed by atoms with Gasteiger partial charge in [-0.3, -0.25) is 9.48 Å². The number of amides is 1. The number of hydrogen-bond acceptors (Lipinski definition) is 3. The molecule has 1 aliphatic rings. The number of carbonyl (C=O) groups is 1. The minimum atomic E-state index is -4.66. The molecule has 27 heavy (non-hydrogen) atoms. The zero-order chi connectivity index (χ0) is 19.4. The molecular formula is C19H22F3N3O2. The van der Waals surface area contributed by atoms with Crippen LogP contribution in [0.3, 0.4) is 0 Å². The van der Waals surface area contributed by atoms with Gasteiger partial charge >= 0.3 is 6.18 Å². The molecule has 0 unspecified atom stereocenters. The van der Waals surface area contributed by atoms with Gasteiger partial charge in [0.1, 0.15) is 0 Å². The van der Waals surface area contributed by atoms with E-state index in [1.54, 1.807) is 18.2 Å². The number of nitrogens with one attached hydrogen (secondary N) is 1. The molecule has 1 aliphatic carbocycles. The van der Waals surface area contributed by atoms with Crippen LogP contribution in [0, 0.1) is 0 Å². The molecule has 0 spiro atoms. The van der Waals surface area contributed by atoms with Gasteiger partial charge in [-0.25, -0.2) is 0 Å². The van der Waals surface area contributed by atoms with Crippen molar-refractivity contribution in [1.82, 2.24) is 9.78 Å². The highest BCUT2D eigenvalue weighted by Crippen LogP contribution is 2.32. The number of halogens is 3. The van der Waals surface area contributed by atoms with Crippen molar-refractivity contribution in [3.63, 3.8) is 0 Å². The zero-order valence-corrected chi connectivity index (χ0v) is 15.1. The fourth-order valence-electron chi connectivity index (χ4n) is 3.32. The molecule has 1 fully saturated rings. The van der Waals surface area contributed by atoms with Gasteiger partial charge < -0.3 is 10.1 Å². The molecule has 0 saturated heterocycles. The topological polar surface area (TPSA) is 56.2 Å². The number of alkyl halides is 3. The van der Waals surface area contributed by atoms with E-state index in [9.17, 15) is 18.0 Å². The van der Waals surface area contributed by atoms with Crippen LogP contribution in [0.4, 0.5) is 18.9 Å². The highest BCUT2D eigenvalue weighted by molar-refractivity contribution is 6.05. The number of aromatic nitrogens is 2. The number of benzene rings is 1. The zero-order valence-electron chi connectivity index (χ0n) is 15.1. The summed E-state index contributed by atoms with van der Waals surface area (Å²) in [4.78, 5) is 12.3. The van der Waals surface area contributed by atoms with Crippen LogP contribution in [0.25, 0.3) is 0 Å². The maximum Gasteiger partial charge on any atom is 0.433 e. The van der Waals surface area contributed by atoms with Crippen molar-refractivity contribution in [3.05, 3.63) is 47.3 Å². The summed E-state index contributed by atoms with van der Waals surface area (Å²) in [7, 11) is 1.16. The lowest BCUT2D eigenvalue weighted by atomic mass is 9.98. The molecular weight excluding hydrogens is 359 g/mol. The third kappa shape index (κ3) is 4.88. The minimum Gasteiger partial charge on any atom is -0.374 e. The van der Waals surface area contributed by atoms with Crippen LogP contribution in [-0.4, -0.2) is 21.8 Å². The Morgan fingerprint density at radius 3 is 2.74 bits per heavy atom. The second-order valence-electron chi connectivity index (χ2n) is 6.75. The third-order valence-electron chi connectivity index (χ3n) is 4.67. The number of carbonyl (C=O) groups excluding carboxylic acids is 1.